The number of amides is 2. The zero-order valence-electron chi connectivity index (χ0n) is 16.1. The Balaban J connectivity index is 1.70. The van der Waals surface area contributed by atoms with E-state index in [0.717, 1.165) is 15.6 Å². The van der Waals surface area contributed by atoms with Crippen LogP contribution in [0, 0.1) is 20.8 Å². The molecule has 29 heavy (non-hydrogen) atoms. The molecular formula is C20H19BrClN5O2. The molecule has 1 aromatic heterocycles. The fourth-order valence-corrected chi connectivity index (χ4v) is 3.44. The van der Waals surface area contributed by atoms with Gasteiger partial charge in [0.05, 0.1) is 11.4 Å². The standard InChI is InChI=1S/C20H19BrClN5O2/c1-11-4-7-16(15(21)8-11)24-20(29)19-13(3)27(26-25-19)10-18(28)23-17-9-14(22)6-5-12(17)2/h4-9H,10H2,1-3H3,(H,23,28)(H,24,29). The summed E-state index contributed by atoms with van der Waals surface area (Å²) in [6.45, 7) is 5.45. The molecule has 0 radical (unpaired) electrons. The van der Waals surface area contributed by atoms with Gasteiger partial charge in [0.25, 0.3) is 5.91 Å². The van der Waals surface area contributed by atoms with Gasteiger partial charge in [-0.2, -0.15) is 0 Å². The van der Waals surface area contributed by atoms with Gasteiger partial charge in [-0.15, -0.1) is 5.10 Å². The number of hydrogen-bond donors (Lipinski definition) is 2. The van der Waals surface area contributed by atoms with Crippen molar-refractivity contribution in [2.24, 2.45) is 0 Å². The first-order valence-corrected chi connectivity index (χ1v) is 9.95. The van der Waals surface area contributed by atoms with Crippen molar-refractivity contribution in [3.8, 4) is 0 Å². The summed E-state index contributed by atoms with van der Waals surface area (Å²) in [5.74, 6) is -0.694. The van der Waals surface area contributed by atoms with Gasteiger partial charge in [0, 0.05) is 15.2 Å². The van der Waals surface area contributed by atoms with Crippen LogP contribution in [0.15, 0.2) is 40.9 Å². The maximum absolute atomic E-state index is 12.6. The summed E-state index contributed by atoms with van der Waals surface area (Å²) < 4.78 is 2.15. The van der Waals surface area contributed by atoms with Gasteiger partial charge in [-0.25, -0.2) is 4.68 Å². The SMILES string of the molecule is Cc1ccc(NC(=O)c2nnn(CC(=O)Nc3cc(Cl)ccc3C)c2C)c(Br)c1. The molecule has 2 aromatic carbocycles. The van der Waals surface area contributed by atoms with E-state index in [2.05, 4.69) is 36.9 Å². The van der Waals surface area contributed by atoms with Crippen LogP contribution in [-0.4, -0.2) is 26.8 Å². The molecule has 0 unspecified atom stereocenters. The van der Waals surface area contributed by atoms with Crippen LogP contribution < -0.4 is 10.6 Å². The highest BCUT2D eigenvalue weighted by Crippen LogP contribution is 2.24. The van der Waals surface area contributed by atoms with E-state index in [1.807, 2.05) is 32.0 Å². The third kappa shape index (κ3) is 5.02. The molecular weight excluding hydrogens is 458 g/mol. The summed E-state index contributed by atoms with van der Waals surface area (Å²) in [5.41, 5.74) is 3.86. The Hall–Kier alpha value is -2.71. The van der Waals surface area contributed by atoms with Crippen LogP contribution in [0.4, 0.5) is 11.4 Å². The highest BCUT2D eigenvalue weighted by molar-refractivity contribution is 9.10. The van der Waals surface area contributed by atoms with Crippen molar-refractivity contribution in [2.45, 2.75) is 27.3 Å². The lowest BCUT2D eigenvalue weighted by atomic mass is 10.2. The molecule has 0 aliphatic carbocycles. The number of aromatic nitrogens is 3. The van der Waals surface area contributed by atoms with E-state index in [1.165, 1.54) is 4.68 Å². The topological polar surface area (TPSA) is 88.9 Å². The Labute approximate surface area is 181 Å². The van der Waals surface area contributed by atoms with Crippen LogP contribution in [0.25, 0.3) is 0 Å². The van der Waals surface area contributed by atoms with Crippen molar-refractivity contribution in [3.05, 3.63) is 68.4 Å². The van der Waals surface area contributed by atoms with E-state index < -0.39 is 5.91 Å². The Kier molecular flexibility index (Phi) is 6.34. The largest absolute Gasteiger partial charge is 0.324 e. The molecule has 9 heteroatoms. The molecule has 0 bridgehead atoms. The first-order valence-electron chi connectivity index (χ1n) is 8.78. The van der Waals surface area contributed by atoms with Gasteiger partial charge in [0.15, 0.2) is 5.69 Å². The van der Waals surface area contributed by atoms with Crippen LogP contribution >= 0.6 is 27.5 Å². The van der Waals surface area contributed by atoms with Gasteiger partial charge in [0.2, 0.25) is 5.91 Å². The third-order valence-corrected chi connectivity index (χ3v) is 5.23. The fraction of sp³-hybridized carbons (Fsp3) is 0.200. The lowest BCUT2D eigenvalue weighted by Crippen LogP contribution is -2.21. The van der Waals surface area contributed by atoms with Gasteiger partial charge in [-0.1, -0.05) is 28.9 Å². The second kappa shape index (κ2) is 8.75. The molecule has 150 valence electrons. The maximum Gasteiger partial charge on any atom is 0.278 e. The number of anilines is 2. The Morgan fingerprint density at radius 2 is 1.83 bits per heavy atom. The lowest BCUT2D eigenvalue weighted by molar-refractivity contribution is -0.117. The minimum absolute atomic E-state index is 0.0771. The number of carbonyl (C=O) groups is 2. The molecule has 0 fully saturated rings. The molecule has 3 rings (SSSR count). The van der Waals surface area contributed by atoms with Crippen LogP contribution in [0.2, 0.25) is 5.02 Å². The lowest BCUT2D eigenvalue weighted by Gasteiger charge is -2.10. The summed E-state index contributed by atoms with van der Waals surface area (Å²) in [6.07, 6.45) is 0. The van der Waals surface area contributed by atoms with E-state index in [0.29, 0.717) is 22.1 Å². The summed E-state index contributed by atoms with van der Waals surface area (Å²) >= 11 is 9.41. The molecule has 3 aromatic rings. The molecule has 0 saturated carbocycles. The molecule has 0 aliphatic heterocycles. The average Bonchev–Trinajstić information content (AvgIpc) is 3.01. The number of halogens is 2. The summed E-state index contributed by atoms with van der Waals surface area (Å²) in [5, 5.41) is 14.0. The predicted molar refractivity (Wildman–Crippen MR) is 116 cm³/mol. The number of carbonyl (C=O) groups excluding carboxylic acids is 2. The number of nitrogens with one attached hydrogen (secondary N) is 2. The van der Waals surface area contributed by atoms with Crippen molar-refractivity contribution in [1.29, 1.82) is 0 Å². The normalized spacial score (nSPS) is 10.7. The molecule has 2 N–H and O–H groups in total. The van der Waals surface area contributed by atoms with Gasteiger partial charge in [-0.3, -0.25) is 9.59 Å². The zero-order chi connectivity index (χ0) is 21.1. The smallest absolute Gasteiger partial charge is 0.278 e. The van der Waals surface area contributed by atoms with Crippen molar-refractivity contribution >= 4 is 50.7 Å². The van der Waals surface area contributed by atoms with Crippen LogP contribution in [0.3, 0.4) is 0 Å². The zero-order valence-corrected chi connectivity index (χ0v) is 18.4. The molecule has 0 atom stereocenters. The summed E-state index contributed by atoms with van der Waals surface area (Å²) in [7, 11) is 0. The van der Waals surface area contributed by atoms with Gasteiger partial charge < -0.3 is 10.6 Å². The van der Waals surface area contributed by atoms with Crippen molar-refractivity contribution in [3.63, 3.8) is 0 Å². The first kappa shape index (κ1) is 21.0. The Bertz CT molecular complexity index is 1100. The second-order valence-corrected chi connectivity index (χ2v) is 7.92. The van der Waals surface area contributed by atoms with E-state index in [9.17, 15) is 9.59 Å². The van der Waals surface area contributed by atoms with Crippen molar-refractivity contribution in [1.82, 2.24) is 15.0 Å². The van der Waals surface area contributed by atoms with Gasteiger partial charge >= 0.3 is 0 Å². The summed E-state index contributed by atoms with van der Waals surface area (Å²) in [6, 6.07) is 10.9. The Morgan fingerprint density at radius 3 is 2.55 bits per heavy atom. The molecule has 7 nitrogen and oxygen atoms in total. The molecule has 1 heterocycles. The number of rotatable bonds is 5. The average molecular weight is 477 g/mol. The predicted octanol–water partition coefficient (Wildman–Crippen LogP) is 4.51. The first-order chi connectivity index (χ1) is 13.7. The molecule has 0 aliphatic rings. The molecule has 0 spiro atoms. The number of aryl methyl sites for hydroxylation is 2. The van der Waals surface area contributed by atoms with Gasteiger partial charge in [-0.05, 0) is 72.1 Å². The maximum atomic E-state index is 12.6. The Morgan fingerprint density at radius 1 is 1.07 bits per heavy atom. The number of benzene rings is 2. The van der Waals surface area contributed by atoms with E-state index >= 15 is 0 Å². The highest BCUT2D eigenvalue weighted by atomic mass is 79.9. The van der Waals surface area contributed by atoms with Crippen molar-refractivity contribution in [2.75, 3.05) is 10.6 Å². The molecule has 2 amide bonds. The van der Waals surface area contributed by atoms with Crippen LogP contribution in [-0.2, 0) is 11.3 Å². The van der Waals surface area contributed by atoms with E-state index in [-0.39, 0.29) is 18.1 Å². The van der Waals surface area contributed by atoms with Crippen LogP contribution in [0.1, 0.15) is 27.3 Å². The number of nitrogens with zero attached hydrogens (tertiary/aromatic N) is 3. The minimum Gasteiger partial charge on any atom is -0.324 e. The monoisotopic (exact) mass is 475 g/mol. The highest BCUT2D eigenvalue weighted by Gasteiger charge is 2.19. The summed E-state index contributed by atoms with van der Waals surface area (Å²) in [4.78, 5) is 25.0. The van der Waals surface area contributed by atoms with Crippen molar-refractivity contribution < 1.29 is 9.59 Å². The van der Waals surface area contributed by atoms with E-state index in [4.69, 9.17) is 11.6 Å². The fourth-order valence-electron chi connectivity index (χ4n) is 2.68. The van der Waals surface area contributed by atoms with E-state index in [1.54, 1.807) is 25.1 Å². The minimum atomic E-state index is -0.399. The second-order valence-electron chi connectivity index (χ2n) is 6.63. The van der Waals surface area contributed by atoms with Gasteiger partial charge in [0.1, 0.15) is 6.54 Å². The quantitative estimate of drug-likeness (QED) is 0.567. The third-order valence-electron chi connectivity index (χ3n) is 4.34. The molecule has 0 saturated heterocycles. The van der Waals surface area contributed by atoms with Crippen LogP contribution in [0.5, 0.6) is 0 Å². The number of hydrogen-bond acceptors (Lipinski definition) is 4.